The molecule has 0 aliphatic heterocycles. The Labute approximate surface area is 122 Å². The second kappa shape index (κ2) is 6.83. The molecule has 2 aromatic carbocycles. The van der Waals surface area contributed by atoms with Gasteiger partial charge in [-0.15, -0.1) is 0 Å². The van der Waals surface area contributed by atoms with E-state index >= 15 is 0 Å². The van der Waals surface area contributed by atoms with Gasteiger partial charge in [0, 0.05) is 12.1 Å². The monoisotopic (exact) mass is 276 g/mol. The summed E-state index contributed by atoms with van der Waals surface area (Å²) in [6, 6.07) is 15.7. The van der Waals surface area contributed by atoms with Gasteiger partial charge in [0.15, 0.2) is 0 Å². The molecule has 0 saturated carbocycles. The Morgan fingerprint density at radius 3 is 2.29 bits per heavy atom. The first-order valence-corrected chi connectivity index (χ1v) is 6.28. The molecule has 21 heavy (non-hydrogen) atoms. The van der Waals surface area contributed by atoms with Crippen molar-refractivity contribution in [3.63, 3.8) is 0 Å². The van der Waals surface area contributed by atoms with Crippen molar-refractivity contribution in [1.29, 1.82) is 5.26 Å². The lowest BCUT2D eigenvalue weighted by Gasteiger charge is -1.93. The maximum Gasteiger partial charge on any atom is 0.269 e. The third-order valence-electron chi connectivity index (χ3n) is 2.81. The third-order valence-corrected chi connectivity index (χ3v) is 2.81. The smallest absolute Gasteiger partial charge is 0.258 e. The predicted octanol–water partition coefficient (Wildman–Crippen LogP) is 4.19. The quantitative estimate of drug-likeness (QED) is 0.477. The maximum absolute atomic E-state index is 10.5. The molecule has 0 radical (unpaired) electrons. The second-order valence-corrected chi connectivity index (χ2v) is 4.30. The van der Waals surface area contributed by atoms with Crippen LogP contribution < -0.4 is 0 Å². The van der Waals surface area contributed by atoms with Crippen LogP contribution >= 0.6 is 0 Å². The fraction of sp³-hybridized carbons (Fsp3) is 0. The molecule has 0 aromatic heterocycles. The molecule has 2 rings (SSSR count). The molecule has 0 aliphatic carbocycles. The lowest BCUT2D eigenvalue weighted by Crippen LogP contribution is -1.86. The van der Waals surface area contributed by atoms with E-state index in [0.717, 1.165) is 11.1 Å². The van der Waals surface area contributed by atoms with Gasteiger partial charge in [0.25, 0.3) is 5.69 Å². The Morgan fingerprint density at radius 2 is 1.67 bits per heavy atom. The molecule has 0 heterocycles. The summed E-state index contributed by atoms with van der Waals surface area (Å²) in [5.74, 6) is 0. The molecule has 0 N–H and O–H groups in total. The number of hydrogen-bond donors (Lipinski definition) is 0. The number of rotatable bonds is 4. The first-order valence-electron chi connectivity index (χ1n) is 6.28. The molecule has 0 fully saturated rings. The SMILES string of the molecule is N#Cc1cccc(/C=C/C=C/c2ccc([N+](=O)[O-])cc2)c1. The van der Waals surface area contributed by atoms with Crippen LogP contribution in [0.4, 0.5) is 5.69 Å². The van der Waals surface area contributed by atoms with E-state index in [-0.39, 0.29) is 5.69 Å². The van der Waals surface area contributed by atoms with Crippen LogP contribution in [0.5, 0.6) is 0 Å². The summed E-state index contributed by atoms with van der Waals surface area (Å²) in [5, 5.41) is 19.3. The summed E-state index contributed by atoms with van der Waals surface area (Å²) in [4.78, 5) is 10.1. The lowest BCUT2D eigenvalue weighted by molar-refractivity contribution is -0.384. The van der Waals surface area contributed by atoms with E-state index in [1.807, 2.05) is 36.4 Å². The Balaban J connectivity index is 2.03. The van der Waals surface area contributed by atoms with Gasteiger partial charge in [0.1, 0.15) is 0 Å². The average molecular weight is 276 g/mol. The first-order chi connectivity index (χ1) is 10.2. The highest BCUT2D eigenvalue weighted by Gasteiger charge is 2.01. The van der Waals surface area contributed by atoms with Gasteiger partial charge in [-0.3, -0.25) is 10.1 Å². The van der Waals surface area contributed by atoms with Gasteiger partial charge in [-0.25, -0.2) is 0 Å². The van der Waals surface area contributed by atoms with Crippen molar-refractivity contribution < 1.29 is 4.92 Å². The maximum atomic E-state index is 10.5. The fourth-order valence-electron chi connectivity index (χ4n) is 1.75. The van der Waals surface area contributed by atoms with E-state index in [1.54, 1.807) is 24.3 Å². The summed E-state index contributed by atoms with van der Waals surface area (Å²) >= 11 is 0. The fourth-order valence-corrected chi connectivity index (χ4v) is 1.75. The predicted molar refractivity (Wildman–Crippen MR) is 82.3 cm³/mol. The molecule has 0 unspecified atom stereocenters. The highest BCUT2D eigenvalue weighted by molar-refractivity contribution is 5.58. The van der Waals surface area contributed by atoms with Gasteiger partial charge >= 0.3 is 0 Å². The molecule has 0 spiro atoms. The number of nitro groups is 1. The van der Waals surface area contributed by atoms with Gasteiger partial charge in [-0.2, -0.15) is 5.26 Å². The molecule has 4 nitrogen and oxygen atoms in total. The van der Waals surface area contributed by atoms with Gasteiger partial charge < -0.3 is 0 Å². The Bertz CT molecular complexity index is 738. The normalized spacial score (nSPS) is 10.8. The van der Waals surface area contributed by atoms with Crippen molar-refractivity contribution in [2.24, 2.45) is 0 Å². The third kappa shape index (κ3) is 4.15. The zero-order chi connectivity index (χ0) is 15.1. The van der Waals surface area contributed by atoms with Crippen LogP contribution in [0.3, 0.4) is 0 Å². The summed E-state index contributed by atoms with van der Waals surface area (Å²) in [6.07, 6.45) is 7.45. The number of nitrogens with zero attached hydrogens (tertiary/aromatic N) is 2. The van der Waals surface area contributed by atoms with E-state index in [0.29, 0.717) is 5.56 Å². The first kappa shape index (κ1) is 14.2. The van der Waals surface area contributed by atoms with Crippen molar-refractivity contribution >= 4 is 17.8 Å². The van der Waals surface area contributed by atoms with Crippen LogP contribution in [0.1, 0.15) is 16.7 Å². The van der Waals surface area contributed by atoms with E-state index in [9.17, 15) is 10.1 Å². The molecule has 0 amide bonds. The van der Waals surface area contributed by atoms with Crippen molar-refractivity contribution in [2.75, 3.05) is 0 Å². The van der Waals surface area contributed by atoms with E-state index < -0.39 is 4.92 Å². The summed E-state index contributed by atoms with van der Waals surface area (Å²) in [5.41, 5.74) is 2.53. The molecule has 4 heteroatoms. The summed E-state index contributed by atoms with van der Waals surface area (Å²) < 4.78 is 0. The van der Waals surface area contributed by atoms with Gasteiger partial charge in [-0.05, 0) is 35.4 Å². The van der Waals surface area contributed by atoms with E-state index in [1.165, 1.54) is 12.1 Å². The Morgan fingerprint density at radius 1 is 1.00 bits per heavy atom. The van der Waals surface area contributed by atoms with Gasteiger partial charge in [0.2, 0.25) is 0 Å². The zero-order valence-electron chi connectivity index (χ0n) is 11.1. The molecular formula is C17H12N2O2. The molecule has 102 valence electrons. The zero-order valence-corrected chi connectivity index (χ0v) is 11.1. The van der Waals surface area contributed by atoms with Crippen LogP contribution in [-0.4, -0.2) is 4.92 Å². The van der Waals surface area contributed by atoms with E-state index in [4.69, 9.17) is 5.26 Å². The average Bonchev–Trinajstić information content (AvgIpc) is 2.52. The van der Waals surface area contributed by atoms with Crippen molar-refractivity contribution in [2.45, 2.75) is 0 Å². The lowest BCUT2D eigenvalue weighted by atomic mass is 10.1. The number of hydrogen-bond acceptors (Lipinski definition) is 3. The standard InChI is InChI=1S/C17H12N2O2/c18-13-16-7-3-6-15(12-16)5-2-1-4-14-8-10-17(11-9-14)19(20)21/h1-12H/b4-1+,5-2+. The van der Waals surface area contributed by atoms with Gasteiger partial charge in [0.05, 0.1) is 16.6 Å². The van der Waals surface area contributed by atoms with Crippen molar-refractivity contribution in [1.82, 2.24) is 0 Å². The van der Waals surface area contributed by atoms with E-state index in [2.05, 4.69) is 6.07 Å². The number of nitro benzene ring substituents is 1. The molecule has 0 aliphatic rings. The summed E-state index contributed by atoms with van der Waals surface area (Å²) in [6.45, 7) is 0. The van der Waals surface area contributed by atoms with Crippen LogP contribution in [0, 0.1) is 21.4 Å². The number of nitriles is 1. The largest absolute Gasteiger partial charge is 0.269 e. The highest BCUT2D eigenvalue weighted by atomic mass is 16.6. The second-order valence-electron chi connectivity index (χ2n) is 4.30. The van der Waals surface area contributed by atoms with Gasteiger partial charge in [-0.1, -0.05) is 36.4 Å². The number of benzene rings is 2. The minimum Gasteiger partial charge on any atom is -0.258 e. The highest BCUT2D eigenvalue weighted by Crippen LogP contribution is 2.13. The molecule has 0 saturated heterocycles. The molecule has 0 bridgehead atoms. The van der Waals surface area contributed by atoms with Crippen LogP contribution in [0.15, 0.2) is 60.7 Å². The molecular weight excluding hydrogens is 264 g/mol. The topological polar surface area (TPSA) is 66.9 Å². The van der Waals surface area contributed by atoms with Crippen LogP contribution in [-0.2, 0) is 0 Å². The Hall–Kier alpha value is -3.19. The van der Waals surface area contributed by atoms with Crippen molar-refractivity contribution in [3.05, 3.63) is 87.5 Å². The summed E-state index contributed by atoms with van der Waals surface area (Å²) in [7, 11) is 0. The molecule has 0 atom stereocenters. The van der Waals surface area contributed by atoms with Crippen molar-refractivity contribution in [3.8, 4) is 6.07 Å². The minimum atomic E-state index is -0.421. The number of non-ortho nitro benzene ring substituents is 1. The Kier molecular flexibility index (Phi) is 4.62. The minimum absolute atomic E-state index is 0.0796. The van der Waals surface area contributed by atoms with Crippen LogP contribution in [0.2, 0.25) is 0 Å². The molecule has 2 aromatic rings. The van der Waals surface area contributed by atoms with Crippen LogP contribution in [0.25, 0.3) is 12.2 Å². The number of allylic oxidation sites excluding steroid dienone is 2.